The number of nitrogens with zero attached hydrogens (tertiary/aromatic N) is 8. The Kier molecular flexibility index (Phi) is 70.4. The van der Waals surface area contributed by atoms with Crippen LogP contribution < -0.4 is 54.9 Å². The molecular formula is C64H131BN15O17. The summed E-state index contributed by atoms with van der Waals surface area (Å²) >= 11 is 0. The van der Waals surface area contributed by atoms with E-state index in [1.165, 1.54) is 31.7 Å². The Hall–Kier alpha value is -7.02. The SMILES string of the molecule is C.C.C.C.C.CC.CC.CC.CC.CC.CC.CC.CNc1[nH]c(=O)ncc1C.CNc1nc(=O)n([C@@H]2O[C@H](CO)[C@@H](O)[C@H]2O)cc1C.CNc1nc(=O)n([C@@H]2O[C@H](CO)[C@@H](O)[C@H]2O)cc1C.CNc1ncc(C)c(NC)n1.Cc1cn([C@@H]2O[C@H](CO)[C@@H](O)[C@H]2O)c(=O)[nH]c1=O.[B]. The first-order valence-electron chi connectivity index (χ1n) is 30.6. The molecule has 0 aromatic carbocycles. The van der Waals surface area contributed by atoms with E-state index in [0.29, 0.717) is 28.7 Å². The first-order valence-corrected chi connectivity index (χ1v) is 30.6. The van der Waals surface area contributed by atoms with Gasteiger partial charge < -0.3 is 86.8 Å². The van der Waals surface area contributed by atoms with Gasteiger partial charge in [-0.25, -0.2) is 29.1 Å². The van der Waals surface area contributed by atoms with Crippen LogP contribution in [0.15, 0.2) is 55.0 Å². The van der Waals surface area contributed by atoms with Crippen LogP contribution in [-0.2, 0) is 14.2 Å². The Bertz CT molecular complexity index is 2950. The zero-order valence-corrected chi connectivity index (χ0v) is 58.4. The zero-order chi connectivity index (χ0) is 71.6. The van der Waals surface area contributed by atoms with Crippen molar-refractivity contribution in [2.45, 2.75) is 242 Å². The van der Waals surface area contributed by atoms with Gasteiger partial charge in [0, 0.05) is 102 Å². The van der Waals surface area contributed by atoms with E-state index in [1.807, 2.05) is 118 Å². The quantitative estimate of drug-likeness (QED) is 0.0787. The number of aryl methyl sites for hydroxylation is 5. The molecule has 97 heavy (non-hydrogen) atoms. The maximum atomic E-state index is 11.9. The molecule has 33 heteroatoms. The van der Waals surface area contributed by atoms with E-state index in [9.17, 15) is 54.6 Å². The van der Waals surface area contributed by atoms with E-state index in [2.05, 4.69) is 61.5 Å². The molecule has 5 aromatic rings. The highest BCUT2D eigenvalue weighted by Crippen LogP contribution is 2.31. The van der Waals surface area contributed by atoms with Crippen LogP contribution in [0.4, 0.5) is 29.2 Å². The maximum absolute atomic E-state index is 11.9. The topological polar surface area (TPSA) is 466 Å². The Morgan fingerprint density at radius 2 is 0.722 bits per heavy atom. The Morgan fingerprint density at radius 3 is 1.01 bits per heavy atom. The van der Waals surface area contributed by atoms with E-state index < -0.39 is 116 Å². The summed E-state index contributed by atoms with van der Waals surface area (Å²) in [5.74, 6) is 3.10. The third-order valence-corrected chi connectivity index (χ3v) is 11.9. The minimum absolute atomic E-state index is 0. The van der Waals surface area contributed by atoms with Gasteiger partial charge in [0.25, 0.3) is 5.56 Å². The summed E-state index contributed by atoms with van der Waals surface area (Å²) in [6, 6.07) is 0. The molecular weight excluding hydrogens is 1260 g/mol. The van der Waals surface area contributed by atoms with Gasteiger partial charge >= 0.3 is 22.8 Å². The lowest BCUT2D eigenvalue weighted by Gasteiger charge is -2.18. The molecule has 0 aliphatic carbocycles. The standard InChI is InChI=1S/2C11H17N3O5.C10H14N2O6.C7H12N4.C6H9N3O.7C2H6.5CH4.B/c2*1-5-3-14(11(18)13-9(5)12-2)10-8(17)7(16)6(4-15)19-10;1-4-2-12(10(17)11-8(4)16)9-7(15)6(14)5(3-13)18-9;1-5-4-10-7(9-3)11-6(5)8-2;1-4-3-8-6(10)9-5(4)7-2;7*1-2;;;;;;/h2*3,6-8,10,15-17H,4H2,1-2H3,(H,12,13,18);2,5-7,9,13-15H,3H2,1H3,(H,11,16,17);4H,1-3H3,(H2,8,9,10,11);3H,1-2H3,(H2,7,8,9,10);7*1-2H3;5*1H4;/t2*6-,7-,8-,10-;5-,6-,7-,9-;;;;;;;;;;;;;;;/m111.............../s1. The van der Waals surface area contributed by atoms with Gasteiger partial charge in [0.15, 0.2) is 18.7 Å². The molecule has 0 amide bonds. The molecule has 8 rings (SSSR count). The van der Waals surface area contributed by atoms with Gasteiger partial charge in [-0.1, -0.05) is 134 Å². The van der Waals surface area contributed by atoms with Crippen molar-refractivity contribution in [1.29, 1.82) is 0 Å². The number of hydrogen-bond acceptors (Lipinski definition) is 27. The number of rotatable bonds is 11. The minimum atomic E-state index is -1.36. The molecule has 3 radical (unpaired) electrons. The molecule has 3 saturated heterocycles. The molecule has 12 atom stereocenters. The molecule has 0 saturated carbocycles. The molecule has 0 bridgehead atoms. The molecule has 0 spiro atoms. The molecule has 3 aliphatic heterocycles. The fourth-order valence-electron chi connectivity index (χ4n) is 7.64. The average Bonchev–Trinajstić information content (AvgIpc) is 1.69. The molecule has 3 aliphatic rings. The van der Waals surface area contributed by atoms with Crippen LogP contribution in [0.1, 0.15) is 181 Å². The highest BCUT2D eigenvalue weighted by Gasteiger charge is 2.46. The third kappa shape index (κ3) is 32.9. The fourth-order valence-corrected chi connectivity index (χ4v) is 7.64. The van der Waals surface area contributed by atoms with Crippen LogP contribution in [0.2, 0.25) is 0 Å². The van der Waals surface area contributed by atoms with Crippen molar-refractivity contribution in [2.24, 2.45) is 0 Å². The van der Waals surface area contributed by atoms with E-state index >= 15 is 0 Å². The van der Waals surface area contributed by atoms with Crippen molar-refractivity contribution in [3.8, 4) is 0 Å². The van der Waals surface area contributed by atoms with Crippen molar-refractivity contribution in [3.05, 3.63) is 111 Å². The summed E-state index contributed by atoms with van der Waals surface area (Å²) in [5, 5.41) is 99.6. The summed E-state index contributed by atoms with van der Waals surface area (Å²) in [7, 11) is 8.67. The van der Waals surface area contributed by atoms with Gasteiger partial charge in [-0.2, -0.15) is 15.0 Å². The van der Waals surface area contributed by atoms with Crippen LogP contribution in [0.3, 0.4) is 0 Å². The smallest absolute Gasteiger partial charge is 0.351 e. The molecule has 5 aromatic heterocycles. The second kappa shape index (κ2) is 61.3. The highest BCUT2D eigenvalue weighted by atomic mass is 16.6. The van der Waals surface area contributed by atoms with Gasteiger partial charge in [0.2, 0.25) is 5.95 Å². The van der Waals surface area contributed by atoms with E-state index in [1.54, 1.807) is 48.2 Å². The highest BCUT2D eigenvalue weighted by molar-refractivity contribution is 5.75. The fraction of sp³-hybridized carbons (Fsp3) is 0.688. The summed E-state index contributed by atoms with van der Waals surface area (Å²) < 4.78 is 19.0. The Labute approximate surface area is 579 Å². The molecule has 0 unspecified atom stereocenters. The maximum Gasteiger partial charge on any atom is 0.351 e. The van der Waals surface area contributed by atoms with Crippen molar-refractivity contribution < 1.29 is 60.2 Å². The summed E-state index contributed by atoms with van der Waals surface area (Å²) in [6.07, 6.45) is -6.26. The van der Waals surface area contributed by atoms with Crippen molar-refractivity contribution in [1.82, 2.24) is 48.6 Å². The average molecular weight is 1390 g/mol. The van der Waals surface area contributed by atoms with Gasteiger partial charge in [-0.05, 0) is 34.6 Å². The number of ether oxygens (including phenoxy) is 3. The van der Waals surface area contributed by atoms with Crippen LogP contribution >= 0.6 is 0 Å². The first kappa shape index (κ1) is 111. The van der Waals surface area contributed by atoms with Gasteiger partial charge in [-0.15, -0.1) is 0 Å². The van der Waals surface area contributed by atoms with Gasteiger partial charge in [0.05, 0.1) is 19.8 Å². The summed E-state index contributed by atoms with van der Waals surface area (Å²) in [5.41, 5.74) is 0.827. The van der Waals surface area contributed by atoms with E-state index in [4.69, 9.17) is 29.5 Å². The molecule has 32 nitrogen and oxygen atoms in total. The number of nitrogens with one attached hydrogen (secondary N) is 7. The van der Waals surface area contributed by atoms with Crippen molar-refractivity contribution in [2.75, 3.05) is 81.6 Å². The predicted molar refractivity (Wildman–Crippen MR) is 394 cm³/mol. The second-order valence-corrected chi connectivity index (χ2v) is 17.3. The molecule has 16 N–H and O–H groups in total. The Balaban J connectivity index is -0.000000116. The minimum Gasteiger partial charge on any atom is -0.394 e. The number of H-pyrrole nitrogens is 2. The zero-order valence-electron chi connectivity index (χ0n) is 58.4. The number of aliphatic hydroxyl groups excluding tert-OH is 9. The number of aromatic amines is 2. The molecule has 8 heterocycles. The van der Waals surface area contributed by atoms with Crippen LogP contribution in [0, 0.1) is 34.6 Å². The first-order chi connectivity index (χ1) is 43.4. The number of aliphatic hydroxyl groups is 9. The second-order valence-electron chi connectivity index (χ2n) is 17.3. The number of aromatic nitrogens is 10. The molecule has 567 valence electrons. The largest absolute Gasteiger partial charge is 0.394 e. The third-order valence-electron chi connectivity index (χ3n) is 11.9. The summed E-state index contributed by atoms with van der Waals surface area (Å²) in [6.45, 7) is 35.5. The lowest BCUT2D eigenvalue weighted by Crippen LogP contribution is -2.38. The number of anilines is 5. The lowest BCUT2D eigenvalue weighted by molar-refractivity contribution is -0.0551. The van der Waals surface area contributed by atoms with Crippen molar-refractivity contribution >= 4 is 37.6 Å². The Morgan fingerprint density at radius 1 is 0.412 bits per heavy atom. The monoisotopic (exact) mass is 1390 g/mol. The summed E-state index contributed by atoms with van der Waals surface area (Å²) in [4.78, 5) is 81.1. The van der Waals surface area contributed by atoms with Crippen LogP contribution in [-0.4, -0.2) is 213 Å². The predicted octanol–water partition coefficient (Wildman–Crippen LogP) is 4.84. The van der Waals surface area contributed by atoms with Crippen LogP contribution in [0.5, 0.6) is 0 Å². The number of hydrogen-bond donors (Lipinski definition) is 16. The normalized spacial score (nSPS) is 20.3. The van der Waals surface area contributed by atoms with Gasteiger partial charge in [0.1, 0.15) is 78.2 Å². The lowest BCUT2D eigenvalue weighted by atomic mass is 10.1. The van der Waals surface area contributed by atoms with Gasteiger partial charge in [-0.3, -0.25) is 28.5 Å². The van der Waals surface area contributed by atoms with Crippen LogP contribution in [0.25, 0.3) is 0 Å². The van der Waals surface area contributed by atoms with E-state index in [-0.39, 0.29) is 56.8 Å². The van der Waals surface area contributed by atoms with Crippen molar-refractivity contribution in [3.63, 3.8) is 0 Å². The van der Waals surface area contributed by atoms with E-state index in [0.717, 1.165) is 36.5 Å². The molecule has 3 fully saturated rings.